The van der Waals surface area contributed by atoms with Crippen molar-refractivity contribution in [3.05, 3.63) is 84.6 Å². The van der Waals surface area contributed by atoms with Crippen molar-refractivity contribution < 1.29 is 4.42 Å². The standard InChI is InChI=1S/C29H29GeNO/c1-19(2)21-16-17-31-26(18-21)24-13-9-12-22-23-14-15-25(30(3,4)5)27(29(23)32-28(22)24)20-10-7-6-8-11-20/h6-19H,1-5H3. The molecule has 3 aromatic carbocycles. The molecule has 0 aliphatic carbocycles. The number of fused-ring (bicyclic) bond motifs is 3. The first-order valence-corrected chi connectivity index (χ1v) is 18.7. The minimum absolute atomic E-state index is 0.456. The van der Waals surface area contributed by atoms with Crippen molar-refractivity contribution in [3.63, 3.8) is 0 Å². The molecule has 5 aromatic rings. The van der Waals surface area contributed by atoms with E-state index >= 15 is 0 Å². The molecule has 0 spiro atoms. The number of furan rings is 1. The Morgan fingerprint density at radius 1 is 0.781 bits per heavy atom. The summed E-state index contributed by atoms with van der Waals surface area (Å²) in [6, 6.07) is 26.0. The molecule has 2 heterocycles. The molecule has 32 heavy (non-hydrogen) atoms. The van der Waals surface area contributed by atoms with Crippen molar-refractivity contribution in [2.75, 3.05) is 0 Å². The second-order valence-electron chi connectivity index (χ2n) is 9.89. The second-order valence-corrected chi connectivity index (χ2v) is 20.5. The Morgan fingerprint density at radius 3 is 2.25 bits per heavy atom. The van der Waals surface area contributed by atoms with Crippen LogP contribution in [-0.2, 0) is 0 Å². The average Bonchev–Trinajstić information content (AvgIpc) is 3.17. The Kier molecular flexibility index (Phi) is 5.21. The monoisotopic (exact) mass is 481 g/mol. The van der Waals surface area contributed by atoms with Crippen LogP contribution in [0.4, 0.5) is 0 Å². The first kappa shape index (κ1) is 21.0. The van der Waals surface area contributed by atoms with Gasteiger partial charge in [-0.3, -0.25) is 0 Å². The van der Waals surface area contributed by atoms with E-state index in [1.807, 2.05) is 6.20 Å². The van der Waals surface area contributed by atoms with Crippen LogP contribution in [0.2, 0.25) is 17.3 Å². The first-order valence-electron chi connectivity index (χ1n) is 11.3. The van der Waals surface area contributed by atoms with Crippen LogP contribution in [0.1, 0.15) is 25.3 Å². The summed E-state index contributed by atoms with van der Waals surface area (Å²) in [5.41, 5.74) is 7.73. The summed E-state index contributed by atoms with van der Waals surface area (Å²) < 4.78 is 8.23. The van der Waals surface area contributed by atoms with Gasteiger partial charge in [0.2, 0.25) is 0 Å². The van der Waals surface area contributed by atoms with E-state index < -0.39 is 13.3 Å². The minimum atomic E-state index is -2.15. The molecule has 0 radical (unpaired) electrons. The Labute approximate surface area is 192 Å². The van der Waals surface area contributed by atoms with Crippen molar-refractivity contribution in [2.45, 2.75) is 37.0 Å². The molecule has 2 aromatic heterocycles. The van der Waals surface area contributed by atoms with Crippen molar-refractivity contribution >= 4 is 39.6 Å². The van der Waals surface area contributed by atoms with Crippen molar-refractivity contribution in [1.82, 2.24) is 4.98 Å². The number of benzene rings is 3. The van der Waals surface area contributed by atoms with Gasteiger partial charge in [-0.15, -0.1) is 0 Å². The van der Waals surface area contributed by atoms with Crippen molar-refractivity contribution in [1.29, 1.82) is 0 Å². The van der Waals surface area contributed by atoms with Gasteiger partial charge in [-0.05, 0) is 0 Å². The number of hydrogen-bond donors (Lipinski definition) is 0. The summed E-state index contributed by atoms with van der Waals surface area (Å²) >= 11 is -2.15. The van der Waals surface area contributed by atoms with E-state index in [9.17, 15) is 0 Å². The van der Waals surface area contributed by atoms with Gasteiger partial charge in [0.1, 0.15) is 0 Å². The van der Waals surface area contributed by atoms with Gasteiger partial charge in [0.25, 0.3) is 0 Å². The number of aromatic nitrogens is 1. The summed E-state index contributed by atoms with van der Waals surface area (Å²) in [7, 11) is 0. The van der Waals surface area contributed by atoms with Crippen LogP contribution in [0.3, 0.4) is 0 Å². The number of rotatable bonds is 4. The van der Waals surface area contributed by atoms with Crippen LogP contribution in [0.15, 0.2) is 83.4 Å². The van der Waals surface area contributed by atoms with Gasteiger partial charge < -0.3 is 0 Å². The predicted molar refractivity (Wildman–Crippen MR) is 139 cm³/mol. The molecule has 5 rings (SSSR count). The molecule has 0 amide bonds. The molecule has 0 saturated carbocycles. The first-order chi connectivity index (χ1) is 15.3. The van der Waals surface area contributed by atoms with Gasteiger partial charge in [0, 0.05) is 0 Å². The Hall–Kier alpha value is -2.85. The zero-order valence-corrected chi connectivity index (χ0v) is 21.5. The number of pyridine rings is 1. The fourth-order valence-corrected chi connectivity index (χ4v) is 7.87. The summed E-state index contributed by atoms with van der Waals surface area (Å²) in [6.07, 6.45) is 1.91. The van der Waals surface area contributed by atoms with E-state index in [2.05, 4.69) is 104 Å². The summed E-state index contributed by atoms with van der Waals surface area (Å²) in [4.78, 5) is 4.70. The molecular weight excluding hydrogens is 451 g/mol. The van der Waals surface area contributed by atoms with Crippen LogP contribution in [0.25, 0.3) is 44.3 Å². The van der Waals surface area contributed by atoms with Gasteiger partial charge in [0.05, 0.1) is 0 Å². The molecular formula is C29H29GeNO. The summed E-state index contributed by atoms with van der Waals surface area (Å²) in [5, 5.41) is 2.33. The van der Waals surface area contributed by atoms with Gasteiger partial charge in [0.15, 0.2) is 0 Å². The van der Waals surface area contributed by atoms with Crippen LogP contribution in [0, 0.1) is 0 Å². The molecule has 2 nitrogen and oxygen atoms in total. The Bertz CT molecular complexity index is 1420. The van der Waals surface area contributed by atoms with Gasteiger partial charge >= 0.3 is 193 Å². The van der Waals surface area contributed by atoms with Crippen LogP contribution in [-0.4, -0.2) is 18.3 Å². The zero-order valence-electron chi connectivity index (χ0n) is 19.4. The predicted octanol–water partition coefficient (Wildman–Crippen LogP) is 7.98. The summed E-state index contributed by atoms with van der Waals surface area (Å²) in [6.45, 7) is 4.43. The third-order valence-corrected chi connectivity index (χ3v) is 10.5. The molecule has 0 unspecified atom stereocenters. The van der Waals surface area contributed by atoms with Gasteiger partial charge in [-0.25, -0.2) is 0 Å². The molecule has 0 fully saturated rings. The van der Waals surface area contributed by atoms with E-state index in [4.69, 9.17) is 9.40 Å². The quantitative estimate of drug-likeness (QED) is 0.244. The van der Waals surface area contributed by atoms with Crippen LogP contribution in [0.5, 0.6) is 0 Å². The van der Waals surface area contributed by atoms with Crippen molar-refractivity contribution in [2.24, 2.45) is 0 Å². The molecule has 0 N–H and O–H groups in total. The van der Waals surface area contributed by atoms with Crippen molar-refractivity contribution in [3.8, 4) is 22.4 Å². The Morgan fingerprint density at radius 2 is 1.53 bits per heavy atom. The molecule has 0 aliphatic heterocycles. The van der Waals surface area contributed by atoms with Gasteiger partial charge in [-0.1, -0.05) is 0 Å². The zero-order chi connectivity index (χ0) is 22.5. The molecule has 3 heteroatoms. The summed E-state index contributed by atoms with van der Waals surface area (Å²) in [5.74, 6) is 7.80. The molecule has 0 bridgehead atoms. The average molecular weight is 480 g/mol. The van der Waals surface area contributed by atoms with E-state index in [1.165, 1.54) is 26.5 Å². The fourth-order valence-electron chi connectivity index (χ4n) is 4.53. The van der Waals surface area contributed by atoms with E-state index in [-0.39, 0.29) is 0 Å². The topological polar surface area (TPSA) is 26.0 Å². The van der Waals surface area contributed by atoms with E-state index in [0.29, 0.717) is 5.92 Å². The normalized spacial score (nSPS) is 12.2. The third kappa shape index (κ3) is 3.57. The molecule has 0 aliphatic rings. The second kappa shape index (κ2) is 7.93. The van der Waals surface area contributed by atoms with E-state index in [0.717, 1.165) is 27.8 Å². The third-order valence-electron chi connectivity index (χ3n) is 6.26. The van der Waals surface area contributed by atoms with E-state index in [1.54, 1.807) is 0 Å². The maximum absolute atomic E-state index is 6.75. The molecule has 160 valence electrons. The number of hydrogen-bond acceptors (Lipinski definition) is 2. The SMILES string of the molecule is CC(C)c1ccnc(-c2cccc3c2oc2c(-c4ccccc4)[c]([Ge]([CH3])([CH3])[CH3])ccc23)c1. The van der Waals surface area contributed by atoms with Crippen LogP contribution >= 0.6 is 0 Å². The van der Waals surface area contributed by atoms with Gasteiger partial charge in [-0.2, -0.15) is 0 Å². The fraction of sp³-hybridized carbons (Fsp3) is 0.207. The number of nitrogens with zero attached hydrogens (tertiary/aromatic N) is 1. The number of para-hydroxylation sites is 1. The van der Waals surface area contributed by atoms with Crippen LogP contribution < -0.4 is 4.40 Å². The maximum atomic E-state index is 6.75. The molecule has 0 saturated heterocycles. The molecule has 0 atom stereocenters. The Balaban J connectivity index is 1.85.